The normalized spacial score (nSPS) is 21.5. The Hall–Kier alpha value is -3.33. The second-order valence-corrected chi connectivity index (χ2v) is 10.8. The van der Waals surface area contributed by atoms with Crippen LogP contribution in [0.15, 0.2) is 56.2 Å². The van der Waals surface area contributed by atoms with Gasteiger partial charge in [-0.15, -0.1) is 0 Å². The molecule has 1 aliphatic heterocycles. The number of ketones is 1. The predicted molar refractivity (Wildman–Crippen MR) is 141 cm³/mol. The minimum absolute atomic E-state index is 0.146. The number of benzene rings is 1. The van der Waals surface area contributed by atoms with E-state index in [1.54, 1.807) is 37.7 Å². The maximum absolute atomic E-state index is 13.8. The van der Waals surface area contributed by atoms with Crippen molar-refractivity contribution in [2.45, 2.75) is 40.0 Å². The lowest BCUT2D eigenvalue weighted by molar-refractivity contribution is -0.151. The summed E-state index contributed by atoms with van der Waals surface area (Å²) in [5.74, 6) is -2.64. The quantitative estimate of drug-likeness (QED) is 0.325. The Kier molecular flexibility index (Phi) is 7.92. The van der Waals surface area contributed by atoms with E-state index in [2.05, 4.69) is 5.32 Å². The van der Waals surface area contributed by atoms with Crippen molar-refractivity contribution in [2.24, 2.45) is 11.8 Å². The van der Waals surface area contributed by atoms with Gasteiger partial charge >= 0.3 is 11.9 Å². The van der Waals surface area contributed by atoms with Crippen molar-refractivity contribution >= 4 is 40.5 Å². The van der Waals surface area contributed by atoms with Gasteiger partial charge in [0.1, 0.15) is 18.1 Å². The zero-order chi connectivity index (χ0) is 26.9. The Balaban J connectivity index is 1.90. The molecule has 2 heterocycles. The molecule has 1 aliphatic carbocycles. The number of dihydropyridines is 1. The number of carbonyl (C=O) groups excluding carboxylic acids is 3. The Labute approximate surface area is 219 Å². The highest BCUT2D eigenvalue weighted by Crippen LogP contribution is 2.45. The number of carbonyl (C=O) groups is 3. The SMILES string of the molecule is CCSCCOC(=O)C1=C(C)NC2=C(C(=O)[C@H](C(=O)OC)[C@H](C)C2)[C@H]1c1coc2ccc(C)cc2c1=O. The Morgan fingerprint density at radius 3 is 2.68 bits per heavy atom. The number of fused-ring (bicyclic) bond motifs is 1. The number of allylic oxidation sites excluding steroid dienone is 3. The van der Waals surface area contributed by atoms with Crippen LogP contribution in [0.3, 0.4) is 0 Å². The van der Waals surface area contributed by atoms with Crippen molar-refractivity contribution in [1.29, 1.82) is 0 Å². The zero-order valence-corrected chi connectivity index (χ0v) is 22.5. The van der Waals surface area contributed by atoms with E-state index in [0.29, 0.717) is 34.5 Å². The van der Waals surface area contributed by atoms with Crippen LogP contribution in [0.4, 0.5) is 0 Å². The summed E-state index contributed by atoms with van der Waals surface area (Å²) in [7, 11) is 1.24. The van der Waals surface area contributed by atoms with E-state index in [9.17, 15) is 19.2 Å². The highest BCUT2D eigenvalue weighted by molar-refractivity contribution is 7.99. The van der Waals surface area contributed by atoms with Crippen LogP contribution in [0.1, 0.15) is 44.2 Å². The monoisotopic (exact) mass is 525 g/mol. The number of hydrogen-bond donors (Lipinski definition) is 1. The number of rotatable bonds is 7. The molecule has 3 atom stereocenters. The number of ether oxygens (including phenoxy) is 2. The molecule has 2 aliphatic rings. The number of Topliss-reactive ketones (excluding diaryl/α,β-unsaturated/α-hetero) is 1. The van der Waals surface area contributed by atoms with Crippen LogP contribution in [0, 0.1) is 18.8 Å². The second kappa shape index (κ2) is 11.0. The van der Waals surface area contributed by atoms with Gasteiger partial charge in [-0.3, -0.25) is 14.4 Å². The summed E-state index contributed by atoms with van der Waals surface area (Å²) >= 11 is 1.64. The molecule has 0 bridgehead atoms. The average Bonchev–Trinajstić information content (AvgIpc) is 2.86. The number of hydrogen-bond acceptors (Lipinski definition) is 9. The number of methoxy groups -OCH3 is 1. The lowest BCUT2D eigenvalue weighted by Crippen LogP contribution is -2.44. The average molecular weight is 526 g/mol. The van der Waals surface area contributed by atoms with Crippen molar-refractivity contribution in [2.75, 3.05) is 25.2 Å². The molecule has 2 aromatic rings. The molecule has 8 nitrogen and oxygen atoms in total. The fourth-order valence-electron chi connectivity index (χ4n) is 5.14. The van der Waals surface area contributed by atoms with Gasteiger partial charge in [-0.25, -0.2) is 4.79 Å². The Bertz CT molecular complexity index is 1390. The van der Waals surface area contributed by atoms with E-state index in [0.717, 1.165) is 11.3 Å². The molecule has 37 heavy (non-hydrogen) atoms. The molecule has 196 valence electrons. The molecule has 0 unspecified atom stereocenters. The number of nitrogens with one attached hydrogen (secondary N) is 1. The molecule has 0 radical (unpaired) electrons. The highest BCUT2D eigenvalue weighted by atomic mass is 32.2. The predicted octanol–water partition coefficient (Wildman–Crippen LogP) is 4.01. The van der Waals surface area contributed by atoms with Crippen LogP contribution in [0.5, 0.6) is 0 Å². The van der Waals surface area contributed by atoms with Gasteiger partial charge in [0.25, 0.3) is 0 Å². The van der Waals surface area contributed by atoms with Gasteiger partial charge in [-0.2, -0.15) is 11.8 Å². The third kappa shape index (κ3) is 4.97. The standard InChI is InChI=1S/C28H31NO7S/c1-6-37-10-9-35-28(33)22-16(4)29-19-12-15(3)21(27(32)34-5)26(31)24(19)23(22)18-13-36-20-8-7-14(2)11-17(20)25(18)30/h7-8,11,13,15,21,23,29H,6,9-10,12H2,1-5H3/t15-,21-,23+/m1/s1. The summed E-state index contributed by atoms with van der Waals surface area (Å²) in [4.78, 5) is 53.6. The fraction of sp³-hybridized carbons (Fsp3) is 0.429. The van der Waals surface area contributed by atoms with Crippen LogP contribution in [-0.2, 0) is 23.9 Å². The first-order chi connectivity index (χ1) is 17.7. The molecule has 4 rings (SSSR count). The molecule has 0 spiro atoms. The van der Waals surface area contributed by atoms with E-state index in [4.69, 9.17) is 13.9 Å². The van der Waals surface area contributed by atoms with E-state index < -0.39 is 29.6 Å². The second-order valence-electron chi connectivity index (χ2n) is 9.39. The largest absolute Gasteiger partial charge is 0.468 e. The summed E-state index contributed by atoms with van der Waals surface area (Å²) in [5.41, 5.74) is 2.52. The first kappa shape index (κ1) is 26.7. The van der Waals surface area contributed by atoms with E-state index in [-0.39, 0.29) is 34.7 Å². The van der Waals surface area contributed by atoms with Crippen molar-refractivity contribution in [1.82, 2.24) is 5.32 Å². The number of aryl methyl sites for hydroxylation is 1. The van der Waals surface area contributed by atoms with Gasteiger partial charge in [0, 0.05) is 28.3 Å². The molecule has 1 N–H and O–H groups in total. The van der Waals surface area contributed by atoms with Crippen LogP contribution < -0.4 is 10.7 Å². The Morgan fingerprint density at radius 2 is 1.97 bits per heavy atom. The highest BCUT2D eigenvalue weighted by Gasteiger charge is 2.48. The Morgan fingerprint density at radius 1 is 1.22 bits per heavy atom. The third-order valence-corrected chi connectivity index (χ3v) is 7.76. The first-order valence-corrected chi connectivity index (χ1v) is 13.4. The van der Waals surface area contributed by atoms with Gasteiger partial charge in [0.15, 0.2) is 11.2 Å². The van der Waals surface area contributed by atoms with Crippen molar-refractivity contribution in [3.63, 3.8) is 0 Å². The molecule has 9 heteroatoms. The molecule has 0 saturated heterocycles. The molecule has 0 amide bonds. The van der Waals surface area contributed by atoms with Crippen molar-refractivity contribution in [3.8, 4) is 0 Å². The summed E-state index contributed by atoms with van der Waals surface area (Å²) in [6.07, 6.45) is 1.69. The molecular weight excluding hydrogens is 494 g/mol. The lowest BCUT2D eigenvalue weighted by Gasteiger charge is -2.37. The summed E-state index contributed by atoms with van der Waals surface area (Å²) in [6, 6.07) is 5.27. The van der Waals surface area contributed by atoms with Crippen molar-refractivity contribution < 1.29 is 28.3 Å². The van der Waals surface area contributed by atoms with Crippen LogP contribution >= 0.6 is 11.8 Å². The van der Waals surface area contributed by atoms with Crippen LogP contribution in [-0.4, -0.2) is 42.9 Å². The number of esters is 2. The topological polar surface area (TPSA) is 112 Å². The van der Waals surface area contributed by atoms with Crippen molar-refractivity contribution in [3.05, 3.63) is 68.4 Å². The minimum Gasteiger partial charge on any atom is -0.468 e. The van der Waals surface area contributed by atoms with Gasteiger partial charge in [-0.05, 0) is 44.1 Å². The first-order valence-electron chi connectivity index (χ1n) is 12.3. The van der Waals surface area contributed by atoms with Gasteiger partial charge in [-0.1, -0.05) is 25.5 Å². The van der Waals surface area contributed by atoms with Crippen LogP contribution in [0.2, 0.25) is 0 Å². The molecular formula is C28H31NO7S. The summed E-state index contributed by atoms with van der Waals surface area (Å²) in [6.45, 7) is 7.60. The maximum atomic E-state index is 13.8. The van der Waals surface area contributed by atoms with Crippen LogP contribution in [0.25, 0.3) is 11.0 Å². The van der Waals surface area contributed by atoms with Gasteiger partial charge < -0.3 is 19.2 Å². The number of thioether (sulfide) groups is 1. The summed E-state index contributed by atoms with van der Waals surface area (Å²) in [5, 5.41) is 3.55. The summed E-state index contributed by atoms with van der Waals surface area (Å²) < 4.78 is 16.3. The van der Waals surface area contributed by atoms with Gasteiger partial charge in [0.2, 0.25) is 0 Å². The van der Waals surface area contributed by atoms with E-state index in [1.165, 1.54) is 13.4 Å². The third-order valence-electron chi connectivity index (χ3n) is 6.89. The molecule has 1 aromatic heterocycles. The molecule has 0 saturated carbocycles. The lowest BCUT2D eigenvalue weighted by atomic mass is 9.69. The van der Waals surface area contributed by atoms with E-state index >= 15 is 0 Å². The van der Waals surface area contributed by atoms with E-state index in [1.807, 2.05) is 19.9 Å². The zero-order valence-electron chi connectivity index (χ0n) is 21.6. The van der Waals surface area contributed by atoms with Gasteiger partial charge in [0.05, 0.1) is 30.3 Å². The fourth-order valence-corrected chi connectivity index (χ4v) is 5.63. The molecule has 1 aromatic carbocycles. The molecule has 0 fully saturated rings. The maximum Gasteiger partial charge on any atom is 0.336 e. The smallest absolute Gasteiger partial charge is 0.336 e. The minimum atomic E-state index is -1.05.